The van der Waals surface area contributed by atoms with Crippen molar-refractivity contribution >= 4 is 27.5 Å². The molecule has 1 aromatic carbocycles. The maximum Gasteiger partial charge on any atom is 0.376 e. The Labute approximate surface area is 112 Å². The van der Waals surface area contributed by atoms with Crippen LogP contribution in [0.3, 0.4) is 0 Å². The van der Waals surface area contributed by atoms with Crippen molar-refractivity contribution in [3.63, 3.8) is 0 Å². The summed E-state index contributed by atoms with van der Waals surface area (Å²) in [6.45, 7) is 3.71. The summed E-state index contributed by atoms with van der Waals surface area (Å²) in [6.07, 6.45) is 2.06. The minimum Gasteiger partial charge on any atom is -0.437 e. The van der Waals surface area contributed by atoms with Gasteiger partial charge in [0.2, 0.25) is 0 Å². The van der Waals surface area contributed by atoms with Crippen LogP contribution in [0.5, 0.6) is 0 Å². The first kappa shape index (κ1) is 12.9. The number of nitrogens with zero attached hydrogens (tertiary/aromatic N) is 1. The molecule has 90 valence electrons. The van der Waals surface area contributed by atoms with Gasteiger partial charge in [0.05, 0.1) is 0 Å². The highest BCUT2D eigenvalue weighted by atomic mass is 79.9. The zero-order valence-electron chi connectivity index (χ0n) is 10.1. The lowest BCUT2D eigenvalue weighted by atomic mass is 9.82. The highest BCUT2D eigenvalue weighted by Crippen LogP contribution is 2.31. The Morgan fingerprint density at radius 3 is 2.35 bits per heavy atom. The molecule has 1 aliphatic heterocycles. The van der Waals surface area contributed by atoms with Crippen LogP contribution < -0.4 is 0 Å². The Bertz CT molecular complexity index is 395. The summed E-state index contributed by atoms with van der Waals surface area (Å²) in [7, 11) is -0.327. The second-order valence-electron chi connectivity index (χ2n) is 4.45. The lowest BCUT2D eigenvalue weighted by Crippen LogP contribution is -2.41. The summed E-state index contributed by atoms with van der Waals surface area (Å²) in [5, 5.41) is 9.52. The molecular weight excluding hydrogens is 277 g/mol. The van der Waals surface area contributed by atoms with Crippen LogP contribution in [0.25, 0.3) is 4.48 Å². The Hall–Kier alpha value is -0.575. The van der Waals surface area contributed by atoms with Gasteiger partial charge in [-0.05, 0) is 38.3 Å². The van der Waals surface area contributed by atoms with E-state index in [1.807, 2.05) is 12.9 Å². The zero-order valence-corrected chi connectivity index (χ0v) is 11.7. The molecule has 0 saturated carbocycles. The molecule has 1 N–H and O–H groups in total. The molecule has 1 saturated heterocycles. The van der Waals surface area contributed by atoms with Crippen molar-refractivity contribution in [2.24, 2.45) is 0 Å². The highest BCUT2D eigenvalue weighted by molar-refractivity contribution is 9.15. The van der Waals surface area contributed by atoms with Crippen molar-refractivity contribution in [1.82, 2.24) is 4.81 Å². The van der Waals surface area contributed by atoms with Crippen LogP contribution in [0, 0.1) is 0 Å². The summed E-state index contributed by atoms with van der Waals surface area (Å²) >= 11 is 3.70. The minimum atomic E-state index is -0.327. The number of rotatable bonds is 2. The van der Waals surface area contributed by atoms with E-state index in [1.165, 1.54) is 15.6 Å². The van der Waals surface area contributed by atoms with E-state index in [2.05, 4.69) is 45.0 Å². The molecular formula is C13H17BBrNO. The molecule has 1 aromatic rings. The average molecular weight is 294 g/mol. The number of hydrogen-bond acceptors (Lipinski definition) is 2. The van der Waals surface area contributed by atoms with E-state index in [4.69, 9.17) is 0 Å². The van der Waals surface area contributed by atoms with Gasteiger partial charge in [0.15, 0.2) is 0 Å². The SMILES string of the molecule is CB(O)N1CCC(=C(Br)c2ccccc2)CC1. The Kier molecular flexibility index (Phi) is 4.43. The third kappa shape index (κ3) is 3.21. The molecule has 4 heteroatoms. The van der Waals surface area contributed by atoms with Gasteiger partial charge in [-0.25, -0.2) is 0 Å². The molecule has 0 atom stereocenters. The van der Waals surface area contributed by atoms with Crippen molar-refractivity contribution in [2.75, 3.05) is 13.1 Å². The number of benzene rings is 1. The Morgan fingerprint density at radius 2 is 1.82 bits per heavy atom. The molecule has 1 heterocycles. The second kappa shape index (κ2) is 5.85. The normalized spacial score (nSPS) is 17.0. The lowest BCUT2D eigenvalue weighted by Gasteiger charge is -2.29. The molecule has 0 spiro atoms. The highest BCUT2D eigenvalue weighted by Gasteiger charge is 2.21. The van der Waals surface area contributed by atoms with Crippen molar-refractivity contribution in [3.8, 4) is 0 Å². The van der Waals surface area contributed by atoms with Crippen molar-refractivity contribution in [1.29, 1.82) is 0 Å². The minimum absolute atomic E-state index is 0.327. The molecule has 0 radical (unpaired) electrons. The second-order valence-corrected chi connectivity index (χ2v) is 5.24. The first-order valence-electron chi connectivity index (χ1n) is 6.03. The van der Waals surface area contributed by atoms with Crippen LogP contribution >= 0.6 is 15.9 Å². The molecule has 1 aliphatic rings. The predicted molar refractivity (Wildman–Crippen MR) is 76.9 cm³/mol. The molecule has 2 nitrogen and oxygen atoms in total. The van der Waals surface area contributed by atoms with Gasteiger partial charge in [-0.1, -0.05) is 51.8 Å². The van der Waals surface area contributed by atoms with Gasteiger partial charge in [-0.3, -0.25) is 0 Å². The largest absolute Gasteiger partial charge is 0.437 e. The fourth-order valence-corrected chi connectivity index (χ4v) is 2.84. The van der Waals surface area contributed by atoms with E-state index in [9.17, 15) is 5.02 Å². The van der Waals surface area contributed by atoms with E-state index >= 15 is 0 Å². The van der Waals surface area contributed by atoms with Gasteiger partial charge in [0.25, 0.3) is 0 Å². The van der Waals surface area contributed by atoms with Gasteiger partial charge < -0.3 is 9.83 Å². The predicted octanol–water partition coefficient (Wildman–Crippen LogP) is 3.00. The monoisotopic (exact) mass is 293 g/mol. The van der Waals surface area contributed by atoms with Crippen molar-refractivity contribution in [3.05, 3.63) is 41.5 Å². The van der Waals surface area contributed by atoms with E-state index < -0.39 is 0 Å². The summed E-state index contributed by atoms with van der Waals surface area (Å²) < 4.78 is 1.23. The van der Waals surface area contributed by atoms with Crippen molar-refractivity contribution in [2.45, 2.75) is 19.7 Å². The summed E-state index contributed by atoms with van der Waals surface area (Å²) in [5.74, 6) is 0. The summed E-state index contributed by atoms with van der Waals surface area (Å²) in [4.78, 5) is 2.11. The van der Waals surface area contributed by atoms with Gasteiger partial charge in [-0.15, -0.1) is 0 Å². The molecule has 0 aliphatic carbocycles. The third-order valence-electron chi connectivity index (χ3n) is 3.27. The van der Waals surface area contributed by atoms with Crippen molar-refractivity contribution < 1.29 is 5.02 Å². The number of hydrogen-bond donors (Lipinski definition) is 1. The quantitative estimate of drug-likeness (QED) is 0.848. The van der Waals surface area contributed by atoms with Crippen LogP contribution in [0.15, 0.2) is 35.9 Å². The third-order valence-corrected chi connectivity index (χ3v) is 4.29. The van der Waals surface area contributed by atoms with Gasteiger partial charge >= 0.3 is 7.05 Å². The van der Waals surface area contributed by atoms with Crippen LogP contribution in [-0.2, 0) is 0 Å². The molecule has 2 rings (SSSR count). The van der Waals surface area contributed by atoms with Gasteiger partial charge in [0, 0.05) is 4.48 Å². The fourth-order valence-electron chi connectivity index (χ4n) is 2.18. The maximum atomic E-state index is 9.52. The molecule has 0 amide bonds. The van der Waals surface area contributed by atoms with Crippen LogP contribution in [0.2, 0.25) is 6.82 Å². The van der Waals surface area contributed by atoms with E-state index in [0.717, 1.165) is 25.9 Å². The first-order valence-corrected chi connectivity index (χ1v) is 6.83. The fraction of sp³-hybridized carbons (Fsp3) is 0.385. The number of piperidine rings is 1. The van der Waals surface area contributed by atoms with Gasteiger partial charge in [0.1, 0.15) is 0 Å². The molecule has 17 heavy (non-hydrogen) atoms. The van der Waals surface area contributed by atoms with Crippen LogP contribution in [-0.4, -0.2) is 30.0 Å². The number of halogens is 1. The van der Waals surface area contributed by atoms with Crippen LogP contribution in [0.1, 0.15) is 18.4 Å². The summed E-state index contributed by atoms with van der Waals surface area (Å²) in [5.41, 5.74) is 2.70. The average Bonchev–Trinajstić information content (AvgIpc) is 2.39. The topological polar surface area (TPSA) is 23.5 Å². The molecule has 0 bridgehead atoms. The smallest absolute Gasteiger partial charge is 0.376 e. The first-order chi connectivity index (χ1) is 8.18. The van der Waals surface area contributed by atoms with Gasteiger partial charge in [-0.2, -0.15) is 0 Å². The van der Waals surface area contributed by atoms with E-state index in [0.29, 0.717) is 0 Å². The van der Waals surface area contributed by atoms with E-state index in [-0.39, 0.29) is 7.05 Å². The maximum absolute atomic E-state index is 9.52. The molecule has 0 unspecified atom stereocenters. The van der Waals surface area contributed by atoms with Crippen LogP contribution in [0.4, 0.5) is 0 Å². The Balaban J connectivity index is 2.09. The molecule has 0 aromatic heterocycles. The van der Waals surface area contributed by atoms with E-state index in [1.54, 1.807) is 0 Å². The Morgan fingerprint density at radius 1 is 1.24 bits per heavy atom. The standard InChI is InChI=1S/C13H17BBrNO/c1-14(17)16-9-7-12(8-10-16)13(15)11-5-3-2-4-6-11/h2-6,17H,7-10H2,1H3. The molecule has 1 fully saturated rings. The summed E-state index contributed by atoms with van der Waals surface area (Å²) in [6, 6.07) is 10.4. The zero-order chi connectivity index (χ0) is 12.3. The lowest BCUT2D eigenvalue weighted by molar-refractivity contribution is 0.346.